The van der Waals surface area contributed by atoms with Crippen LogP contribution in [0.2, 0.25) is 0 Å². The van der Waals surface area contributed by atoms with E-state index in [1.54, 1.807) is 13.1 Å². The number of pyridine rings is 1. The van der Waals surface area contributed by atoms with E-state index in [0.717, 1.165) is 0 Å². The molecule has 0 amide bonds. The van der Waals surface area contributed by atoms with Crippen LogP contribution in [0.25, 0.3) is 0 Å². The van der Waals surface area contributed by atoms with E-state index in [0.29, 0.717) is 18.8 Å². The summed E-state index contributed by atoms with van der Waals surface area (Å²) in [5, 5.41) is 11.7. The number of rotatable bonds is 7. The standard InChI is InChI=1S/C11H19N3O3S/c1-3-7-14(8-9-15)18(16,17)10-5-4-6-13-11(10)12-2/h4-6,15H,3,7-9H2,1-2H3,(H,12,13). The van der Waals surface area contributed by atoms with Gasteiger partial charge in [0, 0.05) is 26.3 Å². The summed E-state index contributed by atoms with van der Waals surface area (Å²) >= 11 is 0. The first kappa shape index (κ1) is 14.9. The van der Waals surface area contributed by atoms with E-state index >= 15 is 0 Å². The molecule has 0 saturated heterocycles. The van der Waals surface area contributed by atoms with Gasteiger partial charge in [-0.1, -0.05) is 6.92 Å². The summed E-state index contributed by atoms with van der Waals surface area (Å²) < 4.78 is 26.1. The molecule has 1 rings (SSSR count). The molecule has 102 valence electrons. The third-order valence-corrected chi connectivity index (χ3v) is 4.38. The fraction of sp³-hybridized carbons (Fsp3) is 0.545. The Bertz CT molecular complexity index is 470. The lowest BCUT2D eigenvalue weighted by molar-refractivity contribution is 0.253. The molecule has 0 aliphatic rings. The number of aliphatic hydroxyl groups is 1. The van der Waals surface area contributed by atoms with Gasteiger partial charge in [-0.25, -0.2) is 13.4 Å². The molecule has 0 aliphatic heterocycles. The summed E-state index contributed by atoms with van der Waals surface area (Å²) in [6.45, 7) is 2.16. The smallest absolute Gasteiger partial charge is 0.246 e. The van der Waals surface area contributed by atoms with Crippen molar-refractivity contribution in [3.8, 4) is 0 Å². The number of hydrogen-bond donors (Lipinski definition) is 2. The van der Waals surface area contributed by atoms with Crippen molar-refractivity contribution in [1.82, 2.24) is 9.29 Å². The van der Waals surface area contributed by atoms with Gasteiger partial charge in [-0.15, -0.1) is 0 Å². The van der Waals surface area contributed by atoms with Crippen LogP contribution in [0.3, 0.4) is 0 Å². The second kappa shape index (κ2) is 6.67. The molecular weight excluding hydrogens is 254 g/mol. The Balaban J connectivity index is 3.17. The van der Waals surface area contributed by atoms with Crippen molar-refractivity contribution in [3.63, 3.8) is 0 Å². The third kappa shape index (κ3) is 3.18. The Morgan fingerprint density at radius 1 is 1.44 bits per heavy atom. The van der Waals surface area contributed by atoms with Crippen LogP contribution in [0.5, 0.6) is 0 Å². The predicted molar refractivity (Wildman–Crippen MR) is 69.9 cm³/mol. The zero-order valence-corrected chi connectivity index (χ0v) is 11.4. The molecule has 6 nitrogen and oxygen atoms in total. The summed E-state index contributed by atoms with van der Waals surface area (Å²) in [5.74, 6) is 0.316. The van der Waals surface area contributed by atoms with Gasteiger partial charge in [0.2, 0.25) is 10.0 Å². The summed E-state index contributed by atoms with van der Waals surface area (Å²) in [5.41, 5.74) is 0. The van der Waals surface area contributed by atoms with Gasteiger partial charge < -0.3 is 10.4 Å². The minimum Gasteiger partial charge on any atom is -0.395 e. The largest absolute Gasteiger partial charge is 0.395 e. The van der Waals surface area contributed by atoms with Crippen molar-refractivity contribution in [3.05, 3.63) is 18.3 Å². The minimum absolute atomic E-state index is 0.0915. The van der Waals surface area contributed by atoms with Gasteiger partial charge in [0.15, 0.2) is 0 Å². The molecule has 0 spiro atoms. The lowest BCUT2D eigenvalue weighted by Crippen LogP contribution is -2.34. The van der Waals surface area contributed by atoms with Gasteiger partial charge >= 0.3 is 0 Å². The topological polar surface area (TPSA) is 82.5 Å². The molecular formula is C11H19N3O3S. The molecule has 0 aliphatic carbocycles. The molecule has 1 heterocycles. The highest BCUT2D eigenvalue weighted by Gasteiger charge is 2.26. The van der Waals surface area contributed by atoms with E-state index in [4.69, 9.17) is 5.11 Å². The Morgan fingerprint density at radius 3 is 2.72 bits per heavy atom. The first-order valence-electron chi connectivity index (χ1n) is 5.81. The first-order chi connectivity index (χ1) is 8.57. The Morgan fingerprint density at radius 2 is 2.17 bits per heavy atom. The molecule has 1 aromatic rings. The molecule has 0 saturated carbocycles. The van der Waals surface area contributed by atoms with Gasteiger partial charge in [0.1, 0.15) is 10.7 Å². The monoisotopic (exact) mass is 273 g/mol. The third-order valence-electron chi connectivity index (χ3n) is 2.45. The van der Waals surface area contributed by atoms with Crippen molar-refractivity contribution in [2.45, 2.75) is 18.2 Å². The number of aliphatic hydroxyl groups excluding tert-OH is 1. The summed E-state index contributed by atoms with van der Waals surface area (Å²) in [6.07, 6.45) is 2.22. The average Bonchev–Trinajstić information content (AvgIpc) is 2.38. The van der Waals surface area contributed by atoms with Gasteiger partial charge in [-0.2, -0.15) is 4.31 Å². The Labute approximate surface area is 108 Å². The predicted octanol–water partition coefficient (Wildman–Crippen LogP) is 0.516. The molecule has 1 aromatic heterocycles. The molecule has 7 heteroatoms. The number of anilines is 1. The van der Waals surface area contributed by atoms with Crippen LogP contribution in [0.15, 0.2) is 23.2 Å². The zero-order chi connectivity index (χ0) is 13.6. The molecule has 0 bridgehead atoms. The Hall–Kier alpha value is -1.18. The van der Waals surface area contributed by atoms with Crippen LogP contribution >= 0.6 is 0 Å². The lowest BCUT2D eigenvalue weighted by atomic mass is 10.4. The molecule has 0 unspecified atom stereocenters. The number of hydrogen-bond acceptors (Lipinski definition) is 5. The maximum atomic E-state index is 12.4. The normalized spacial score (nSPS) is 11.8. The second-order valence-corrected chi connectivity index (χ2v) is 5.63. The van der Waals surface area contributed by atoms with Crippen molar-refractivity contribution >= 4 is 15.8 Å². The quantitative estimate of drug-likeness (QED) is 0.756. The van der Waals surface area contributed by atoms with Gasteiger partial charge in [0.25, 0.3) is 0 Å². The van der Waals surface area contributed by atoms with Crippen molar-refractivity contribution in [2.75, 3.05) is 32.1 Å². The van der Waals surface area contributed by atoms with Crippen LogP contribution < -0.4 is 5.32 Å². The summed E-state index contributed by atoms with van der Waals surface area (Å²) in [7, 11) is -2.00. The molecule has 2 N–H and O–H groups in total. The van der Waals surface area contributed by atoms with Crippen LogP contribution in [0.4, 0.5) is 5.82 Å². The number of nitrogens with one attached hydrogen (secondary N) is 1. The van der Waals surface area contributed by atoms with Gasteiger partial charge in [0.05, 0.1) is 6.61 Å². The summed E-state index contributed by atoms with van der Waals surface area (Å²) in [4.78, 5) is 4.12. The van der Waals surface area contributed by atoms with E-state index in [9.17, 15) is 8.42 Å². The van der Waals surface area contributed by atoms with E-state index < -0.39 is 10.0 Å². The van der Waals surface area contributed by atoms with Gasteiger partial charge in [-0.05, 0) is 18.6 Å². The fourth-order valence-electron chi connectivity index (χ4n) is 1.64. The van der Waals surface area contributed by atoms with Crippen LogP contribution in [0, 0.1) is 0 Å². The van der Waals surface area contributed by atoms with E-state index in [2.05, 4.69) is 10.3 Å². The summed E-state index contributed by atoms with van der Waals surface area (Å²) in [6, 6.07) is 3.09. The Kier molecular flexibility index (Phi) is 5.52. The highest BCUT2D eigenvalue weighted by Crippen LogP contribution is 2.21. The average molecular weight is 273 g/mol. The second-order valence-electron chi connectivity index (χ2n) is 3.73. The van der Waals surface area contributed by atoms with Crippen LogP contribution in [-0.4, -0.2) is 49.6 Å². The van der Waals surface area contributed by atoms with Crippen molar-refractivity contribution < 1.29 is 13.5 Å². The number of sulfonamides is 1. The molecule has 18 heavy (non-hydrogen) atoms. The lowest BCUT2D eigenvalue weighted by Gasteiger charge is -2.21. The van der Waals surface area contributed by atoms with E-state index in [1.807, 2.05) is 6.92 Å². The molecule has 0 fully saturated rings. The van der Waals surface area contributed by atoms with Crippen LogP contribution in [0.1, 0.15) is 13.3 Å². The van der Waals surface area contributed by atoms with E-state index in [1.165, 1.54) is 16.6 Å². The maximum Gasteiger partial charge on any atom is 0.246 e. The minimum atomic E-state index is -3.62. The SMILES string of the molecule is CCCN(CCO)S(=O)(=O)c1cccnc1NC. The van der Waals surface area contributed by atoms with Crippen LogP contribution in [-0.2, 0) is 10.0 Å². The molecule has 0 atom stereocenters. The van der Waals surface area contributed by atoms with Crippen molar-refractivity contribution in [2.24, 2.45) is 0 Å². The first-order valence-corrected chi connectivity index (χ1v) is 7.25. The van der Waals surface area contributed by atoms with E-state index in [-0.39, 0.29) is 18.0 Å². The number of nitrogens with zero attached hydrogens (tertiary/aromatic N) is 2. The van der Waals surface area contributed by atoms with Crippen molar-refractivity contribution in [1.29, 1.82) is 0 Å². The highest BCUT2D eigenvalue weighted by molar-refractivity contribution is 7.89. The maximum absolute atomic E-state index is 12.4. The van der Waals surface area contributed by atoms with Gasteiger partial charge in [-0.3, -0.25) is 0 Å². The fourth-order valence-corrected chi connectivity index (χ4v) is 3.31. The zero-order valence-electron chi connectivity index (χ0n) is 10.6. The molecule has 0 aromatic carbocycles. The highest BCUT2D eigenvalue weighted by atomic mass is 32.2. The number of aromatic nitrogens is 1. The molecule has 0 radical (unpaired) electrons.